The molecule has 0 bridgehead atoms. The van der Waals surface area contributed by atoms with Gasteiger partial charge in [-0.1, -0.05) is 0 Å². The Morgan fingerprint density at radius 3 is 2.89 bits per heavy atom. The lowest BCUT2D eigenvalue weighted by Crippen LogP contribution is -2.14. The molecule has 2 N–H and O–H groups in total. The summed E-state index contributed by atoms with van der Waals surface area (Å²) < 4.78 is 27.6. The van der Waals surface area contributed by atoms with Gasteiger partial charge < -0.3 is 5.11 Å². The number of nitrogens with one attached hydrogen (secondary N) is 1. The number of nitrogens with zero attached hydrogens (tertiary/aromatic N) is 5. The SMILES string of the molecule is O=S(=O)(Nc1nccnn1)c1cnn(CCCO)c1. The van der Waals surface area contributed by atoms with E-state index in [0.717, 1.165) is 0 Å². The number of aliphatic hydroxyl groups is 1. The number of rotatable bonds is 6. The summed E-state index contributed by atoms with van der Waals surface area (Å²) in [5, 5.41) is 19.6. The van der Waals surface area contributed by atoms with Crippen LogP contribution in [-0.4, -0.2) is 45.1 Å². The third-order valence-electron chi connectivity index (χ3n) is 2.17. The molecule has 0 unspecified atom stereocenters. The molecule has 2 aromatic rings. The van der Waals surface area contributed by atoms with Crippen molar-refractivity contribution in [3.8, 4) is 0 Å². The lowest BCUT2D eigenvalue weighted by atomic mass is 10.5. The molecule has 10 heteroatoms. The number of aromatic nitrogens is 5. The zero-order valence-electron chi connectivity index (χ0n) is 9.84. The molecule has 0 aliphatic heterocycles. The molecule has 102 valence electrons. The number of sulfonamides is 1. The Bertz CT molecular complexity index is 626. The van der Waals surface area contributed by atoms with Crippen molar-refractivity contribution in [1.82, 2.24) is 25.0 Å². The zero-order valence-corrected chi connectivity index (χ0v) is 10.7. The van der Waals surface area contributed by atoms with Crippen LogP contribution in [0.3, 0.4) is 0 Å². The molecule has 2 rings (SSSR count). The minimum absolute atomic E-state index is 0.00195. The van der Waals surface area contributed by atoms with E-state index in [1.54, 1.807) is 0 Å². The van der Waals surface area contributed by atoms with Crippen LogP contribution in [0.25, 0.3) is 0 Å². The molecule has 0 radical (unpaired) electrons. The van der Waals surface area contributed by atoms with Gasteiger partial charge in [-0.15, -0.1) is 5.10 Å². The first kappa shape index (κ1) is 13.4. The molecule has 2 heterocycles. The van der Waals surface area contributed by atoms with Crippen molar-refractivity contribution in [1.29, 1.82) is 0 Å². The summed E-state index contributed by atoms with van der Waals surface area (Å²) in [7, 11) is -3.78. The van der Waals surface area contributed by atoms with Gasteiger partial charge in [0, 0.05) is 19.3 Å². The molecule has 0 amide bonds. The van der Waals surface area contributed by atoms with Crippen LogP contribution in [0.1, 0.15) is 6.42 Å². The van der Waals surface area contributed by atoms with E-state index in [1.807, 2.05) is 0 Å². The van der Waals surface area contributed by atoms with E-state index in [9.17, 15) is 8.42 Å². The number of hydrogen-bond acceptors (Lipinski definition) is 7. The van der Waals surface area contributed by atoms with Crippen molar-refractivity contribution in [3.05, 3.63) is 24.8 Å². The van der Waals surface area contributed by atoms with Gasteiger partial charge in [0.2, 0.25) is 0 Å². The first-order valence-electron chi connectivity index (χ1n) is 5.41. The molecule has 2 aromatic heterocycles. The van der Waals surface area contributed by atoms with E-state index in [1.165, 1.54) is 29.5 Å². The minimum atomic E-state index is -3.78. The summed E-state index contributed by atoms with van der Waals surface area (Å²) in [6, 6.07) is 0. The highest BCUT2D eigenvalue weighted by atomic mass is 32.2. The standard InChI is InChI=1S/C9H12N6O3S/c16-5-1-4-15-7-8(6-12-15)19(17,18)14-9-10-2-3-11-13-9/h2-3,6-7,16H,1,4-5H2,(H,10,13,14). The van der Waals surface area contributed by atoms with Gasteiger partial charge in [-0.25, -0.2) is 18.1 Å². The van der Waals surface area contributed by atoms with Crippen LogP contribution in [0.15, 0.2) is 29.7 Å². The highest BCUT2D eigenvalue weighted by Crippen LogP contribution is 2.11. The summed E-state index contributed by atoms with van der Waals surface area (Å²) in [5.74, 6) is -0.106. The average Bonchev–Trinajstić information content (AvgIpc) is 2.86. The van der Waals surface area contributed by atoms with E-state index in [0.29, 0.717) is 13.0 Å². The lowest BCUT2D eigenvalue weighted by molar-refractivity contribution is 0.277. The highest BCUT2D eigenvalue weighted by Gasteiger charge is 2.17. The summed E-state index contributed by atoms with van der Waals surface area (Å²) in [6.45, 7) is 0.457. The number of aliphatic hydroxyl groups excluding tert-OH is 1. The maximum atomic E-state index is 12.0. The Hall–Kier alpha value is -2.07. The van der Waals surface area contributed by atoms with Crippen LogP contribution in [0.4, 0.5) is 5.95 Å². The zero-order chi connectivity index (χ0) is 13.7. The number of hydrogen-bond donors (Lipinski definition) is 2. The van der Waals surface area contributed by atoms with E-state index in [4.69, 9.17) is 5.11 Å². The average molecular weight is 284 g/mol. The molecule has 0 saturated heterocycles. The van der Waals surface area contributed by atoms with Gasteiger partial charge in [-0.2, -0.15) is 10.2 Å². The van der Waals surface area contributed by atoms with Crippen molar-refractivity contribution in [2.45, 2.75) is 17.9 Å². The summed E-state index contributed by atoms with van der Waals surface area (Å²) in [4.78, 5) is 3.72. The van der Waals surface area contributed by atoms with Crippen molar-refractivity contribution in [2.75, 3.05) is 11.3 Å². The van der Waals surface area contributed by atoms with Crippen molar-refractivity contribution >= 4 is 16.0 Å². The fourth-order valence-electron chi connectivity index (χ4n) is 1.31. The summed E-state index contributed by atoms with van der Waals surface area (Å²) >= 11 is 0. The van der Waals surface area contributed by atoms with Gasteiger partial charge in [0.05, 0.1) is 18.6 Å². The molecule has 9 nitrogen and oxygen atoms in total. The Morgan fingerprint density at radius 1 is 1.37 bits per heavy atom. The topological polar surface area (TPSA) is 123 Å². The Labute approximate surface area is 109 Å². The molecule has 0 aliphatic rings. The molecule has 0 aromatic carbocycles. The molecule has 0 fully saturated rings. The fraction of sp³-hybridized carbons (Fsp3) is 0.333. The van der Waals surface area contributed by atoms with Crippen molar-refractivity contribution < 1.29 is 13.5 Å². The molecule has 0 atom stereocenters. The molecule has 0 saturated carbocycles. The summed E-state index contributed by atoms with van der Waals surface area (Å²) in [6.07, 6.45) is 5.75. The van der Waals surface area contributed by atoms with Gasteiger partial charge in [-0.05, 0) is 6.42 Å². The van der Waals surface area contributed by atoms with Crippen LogP contribution in [-0.2, 0) is 16.6 Å². The van der Waals surface area contributed by atoms with Gasteiger partial charge >= 0.3 is 0 Å². The molecule has 0 aliphatic carbocycles. The van der Waals surface area contributed by atoms with Crippen LogP contribution in [0.2, 0.25) is 0 Å². The van der Waals surface area contributed by atoms with Gasteiger partial charge in [0.15, 0.2) is 0 Å². The van der Waals surface area contributed by atoms with Gasteiger partial charge in [0.25, 0.3) is 16.0 Å². The second-order valence-corrected chi connectivity index (χ2v) is 5.27. The second kappa shape index (κ2) is 5.71. The van der Waals surface area contributed by atoms with E-state index >= 15 is 0 Å². The molecule has 19 heavy (non-hydrogen) atoms. The van der Waals surface area contributed by atoms with Crippen molar-refractivity contribution in [3.63, 3.8) is 0 Å². The Balaban J connectivity index is 2.13. The monoisotopic (exact) mass is 284 g/mol. The third kappa shape index (κ3) is 3.45. The smallest absolute Gasteiger partial charge is 0.267 e. The van der Waals surface area contributed by atoms with Gasteiger partial charge in [-0.3, -0.25) is 4.68 Å². The highest BCUT2D eigenvalue weighted by molar-refractivity contribution is 7.92. The predicted octanol–water partition coefficient (Wildman–Crippen LogP) is -0.749. The summed E-state index contributed by atoms with van der Waals surface area (Å²) in [5.41, 5.74) is 0. The van der Waals surface area contributed by atoms with E-state index in [2.05, 4.69) is 25.0 Å². The van der Waals surface area contributed by atoms with Gasteiger partial charge in [0.1, 0.15) is 4.90 Å². The second-order valence-electron chi connectivity index (χ2n) is 3.59. The molecular weight excluding hydrogens is 272 g/mol. The largest absolute Gasteiger partial charge is 0.396 e. The Morgan fingerprint density at radius 2 is 2.21 bits per heavy atom. The van der Waals surface area contributed by atoms with Crippen LogP contribution in [0.5, 0.6) is 0 Å². The van der Waals surface area contributed by atoms with Crippen LogP contribution < -0.4 is 4.72 Å². The first-order chi connectivity index (χ1) is 9.12. The first-order valence-corrected chi connectivity index (χ1v) is 6.90. The number of anilines is 1. The van der Waals surface area contributed by atoms with Crippen LogP contribution in [0, 0.1) is 0 Å². The quantitative estimate of drug-likeness (QED) is 0.715. The van der Waals surface area contributed by atoms with E-state index < -0.39 is 10.0 Å². The molecule has 0 spiro atoms. The lowest BCUT2D eigenvalue weighted by Gasteiger charge is -2.02. The molecular formula is C9H12N6O3S. The minimum Gasteiger partial charge on any atom is -0.396 e. The maximum Gasteiger partial charge on any atom is 0.267 e. The maximum absolute atomic E-state index is 12.0. The predicted molar refractivity (Wildman–Crippen MR) is 64.6 cm³/mol. The fourth-order valence-corrected chi connectivity index (χ4v) is 2.21. The van der Waals surface area contributed by atoms with Crippen LogP contribution >= 0.6 is 0 Å². The van der Waals surface area contributed by atoms with Crippen molar-refractivity contribution in [2.24, 2.45) is 0 Å². The normalized spacial score (nSPS) is 11.4. The third-order valence-corrected chi connectivity index (χ3v) is 3.46. The van der Waals surface area contributed by atoms with E-state index in [-0.39, 0.29) is 17.5 Å². The number of aryl methyl sites for hydroxylation is 1. The Kier molecular flexibility index (Phi) is 4.02.